The van der Waals surface area contributed by atoms with Crippen LogP contribution in [0.25, 0.3) is 0 Å². The first-order chi connectivity index (χ1) is 7.71. The minimum absolute atomic E-state index is 0.733. The molecule has 0 aliphatic rings. The van der Waals surface area contributed by atoms with Crippen molar-refractivity contribution in [2.24, 2.45) is 5.92 Å². The Morgan fingerprint density at radius 2 is 2.25 bits per heavy atom. The van der Waals surface area contributed by atoms with Gasteiger partial charge in [-0.1, -0.05) is 20.3 Å². The van der Waals surface area contributed by atoms with Crippen LogP contribution in [0, 0.1) is 5.92 Å². The van der Waals surface area contributed by atoms with Crippen LogP contribution in [0.15, 0.2) is 6.20 Å². The lowest BCUT2D eigenvalue weighted by Crippen LogP contribution is -2.27. The number of hydrogen-bond donors (Lipinski definition) is 1. The van der Waals surface area contributed by atoms with Crippen LogP contribution in [0.5, 0.6) is 0 Å². The minimum Gasteiger partial charge on any atom is -0.348 e. The number of rotatable bonds is 7. The summed E-state index contributed by atoms with van der Waals surface area (Å²) in [6.45, 7) is 9.80. The van der Waals surface area contributed by atoms with Gasteiger partial charge in [0.25, 0.3) is 0 Å². The molecular weight excluding hydrogens is 218 g/mol. The van der Waals surface area contributed by atoms with Gasteiger partial charge in [-0.3, -0.25) is 0 Å². The molecule has 0 fully saturated rings. The van der Waals surface area contributed by atoms with E-state index in [0.717, 1.165) is 30.7 Å². The van der Waals surface area contributed by atoms with Crippen LogP contribution < -0.4 is 10.2 Å². The molecule has 0 spiro atoms. The average Bonchev–Trinajstić information content (AvgIpc) is 2.74. The summed E-state index contributed by atoms with van der Waals surface area (Å²) in [5.41, 5.74) is 0. The molecule has 16 heavy (non-hydrogen) atoms. The van der Waals surface area contributed by atoms with Gasteiger partial charge in [0.1, 0.15) is 0 Å². The third-order valence-corrected chi connectivity index (χ3v) is 3.83. The van der Waals surface area contributed by atoms with Crippen LogP contribution in [-0.4, -0.2) is 25.1 Å². The predicted octanol–water partition coefficient (Wildman–Crippen LogP) is 2.73. The Morgan fingerprint density at radius 3 is 2.81 bits per heavy atom. The number of aromatic nitrogens is 1. The van der Waals surface area contributed by atoms with E-state index in [0.29, 0.717) is 0 Å². The third kappa shape index (κ3) is 3.76. The van der Waals surface area contributed by atoms with Crippen LogP contribution in [-0.2, 0) is 6.54 Å². The summed E-state index contributed by atoms with van der Waals surface area (Å²) in [7, 11) is 1.97. The normalized spacial score (nSPS) is 12.8. The lowest BCUT2D eigenvalue weighted by Gasteiger charge is -2.23. The smallest absolute Gasteiger partial charge is 0.185 e. The molecule has 1 unspecified atom stereocenters. The molecular formula is C12H23N3S. The number of nitrogens with one attached hydrogen (secondary N) is 1. The number of hydrogen-bond acceptors (Lipinski definition) is 4. The highest BCUT2D eigenvalue weighted by Crippen LogP contribution is 2.23. The minimum atomic E-state index is 0.733. The first-order valence-corrected chi connectivity index (χ1v) is 6.87. The van der Waals surface area contributed by atoms with E-state index in [1.54, 1.807) is 11.3 Å². The van der Waals surface area contributed by atoms with Gasteiger partial charge in [0.15, 0.2) is 5.13 Å². The van der Waals surface area contributed by atoms with Crippen molar-refractivity contribution in [3.8, 4) is 0 Å². The van der Waals surface area contributed by atoms with Crippen LogP contribution >= 0.6 is 11.3 Å². The quantitative estimate of drug-likeness (QED) is 0.795. The molecule has 1 heterocycles. The van der Waals surface area contributed by atoms with Crippen molar-refractivity contribution in [3.05, 3.63) is 11.1 Å². The zero-order chi connectivity index (χ0) is 12.0. The molecule has 1 rings (SSSR count). The Hall–Kier alpha value is -0.610. The fourth-order valence-electron chi connectivity index (χ4n) is 1.55. The van der Waals surface area contributed by atoms with Gasteiger partial charge in [-0.15, -0.1) is 11.3 Å². The molecule has 1 aromatic heterocycles. The maximum absolute atomic E-state index is 4.50. The van der Waals surface area contributed by atoms with E-state index in [9.17, 15) is 0 Å². The highest BCUT2D eigenvalue weighted by atomic mass is 32.1. The Morgan fingerprint density at radius 1 is 1.50 bits per heavy atom. The van der Waals surface area contributed by atoms with Crippen LogP contribution in [0.3, 0.4) is 0 Å². The van der Waals surface area contributed by atoms with E-state index < -0.39 is 0 Å². The molecule has 0 bridgehead atoms. The topological polar surface area (TPSA) is 28.2 Å². The maximum atomic E-state index is 4.50. The molecule has 1 atom stereocenters. The molecule has 1 N–H and O–H groups in total. The van der Waals surface area contributed by atoms with E-state index in [4.69, 9.17) is 0 Å². The average molecular weight is 241 g/mol. The van der Waals surface area contributed by atoms with Crippen molar-refractivity contribution >= 4 is 16.5 Å². The molecule has 0 aromatic carbocycles. The van der Waals surface area contributed by atoms with Gasteiger partial charge in [0, 0.05) is 30.7 Å². The SMILES string of the molecule is CCC(C)CN(CC)c1ncc(CNC)s1. The Bertz CT molecular complexity index is 298. The monoisotopic (exact) mass is 241 g/mol. The molecule has 0 aliphatic carbocycles. The lowest BCUT2D eigenvalue weighted by atomic mass is 10.1. The van der Waals surface area contributed by atoms with Crippen molar-refractivity contribution in [2.45, 2.75) is 33.7 Å². The number of anilines is 1. The molecule has 0 saturated heterocycles. The van der Waals surface area contributed by atoms with E-state index in [-0.39, 0.29) is 0 Å². The molecule has 0 radical (unpaired) electrons. The van der Waals surface area contributed by atoms with E-state index in [1.807, 2.05) is 13.2 Å². The maximum Gasteiger partial charge on any atom is 0.185 e. The summed E-state index contributed by atoms with van der Waals surface area (Å²) < 4.78 is 0. The van der Waals surface area contributed by atoms with Crippen molar-refractivity contribution in [1.82, 2.24) is 10.3 Å². The summed E-state index contributed by atoms with van der Waals surface area (Å²) in [5, 5.41) is 4.32. The molecule has 0 saturated carbocycles. The van der Waals surface area contributed by atoms with Crippen molar-refractivity contribution in [3.63, 3.8) is 0 Å². The second-order valence-electron chi connectivity index (χ2n) is 4.19. The third-order valence-electron chi connectivity index (χ3n) is 2.77. The number of nitrogens with zero attached hydrogens (tertiary/aromatic N) is 2. The lowest BCUT2D eigenvalue weighted by molar-refractivity contribution is 0.547. The van der Waals surface area contributed by atoms with Gasteiger partial charge in [-0.05, 0) is 19.9 Å². The van der Waals surface area contributed by atoms with Gasteiger partial charge in [-0.2, -0.15) is 0 Å². The Labute approximate surface area is 103 Å². The second-order valence-corrected chi connectivity index (χ2v) is 5.29. The first kappa shape index (κ1) is 13.5. The first-order valence-electron chi connectivity index (χ1n) is 6.05. The van der Waals surface area contributed by atoms with E-state index in [1.165, 1.54) is 11.3 Å². The van der Waals surface area contributed by atoms with Crippen LogP contribution in [0.1, 0.15) is 32.1 Å². The van der Waals surface area contributed by atoms with Crippen LogP contribution in [0.2, 0.25) is 0 Å². The van der Waals surface area contributed by atoms with Crippen molar-refractivity contribution in [1.29, 1.82) is 0 Å². The fraction of sp³-hybridized carbons (Fsp3) is 0.750. The predicted molar refractivity (Wildman–Crippen MR) is 72.2 cm³/mol. The summed E-state index contributed by atoms with van der Waals surface area (Å²) in [6.07, 6.45) is 3.21. The Balaban J connectivity index is 2.63. The summed E-state index contributed by atoms with van der Waals surface area (Å²) >= 11 is 1.79. The molecule has 0 aliphatic heterocycles. The summed E-state index contributed by atoms with van der Waals surface area (Å²) in [4.78, 5) is 8.18. The highest BCUT2D eigenvalue weighted by Gasteiger charge is 2.11. The molecule has 0 amide bonds. The largest absolute Gasteiger partial charge is 0.348 e. The van der Waals surface area contributed by atoms with Gasteiger partial charge < -0.3 is 10.2 Å². The second kappa shape index (κ2) is 6.86. The standard InChI is InChI=1S/C12H23N3S/c1-5-10(3)9-15(6-2)12-14-8-11(16-12)7-13-4/h8,10,13H,5-7,9H2,1-4H3. The van der Waals surface area contributed by atoms with Gasteiger partial charge >= 0.3 is 0 Å². The zero-order valence-corrected chi connectivity index (χ0v) is 11.6. The van der Waals surface area contributed by atoms with E-state index >= 15 is 0 Å². The summed E-state index contributed by atoms with van der Waals surface area (Å²) in [6, 6.07) is 0. The highest BCUT2D eigenvalue weighted by molar-refractivity contribution is 7.15. The van der Waals surface area contributed by atoms with Crippen molar-refractivity contribution in [2.75, 3.05) is 25.0 Å². The zero-order valence-electron chi connectivity index (χ0n) is 10.8. The molecule has 3 nitrogen and oxygen atoms in total. The molecule has 92 valence electrons. The fourth-order valence-corrected chi connectivity index (χ4v) is 2.54. The van der Waals surface area contributed by atoms with E-state index in [2.05, 4.69) is 36.0 Å². The number of thiazole rings is 1. The summed E-state index contributed by atoms with van der Waals surface area (Å²) in [5.74, 6) is 0.733. The van der Waals surface area contributed by atoms with Crippen LogP contribution in [0.4, 0.5) is 5.13 Å². The molecule has 4 heteroatoms. The van der Waals surface area contributed by atoms with Gasteiger partial charge in [0.2, 0.25) is 0 Å². The Kier molecular flexibility index (Phi) is 5.77. The van der Waals surface area contributed by atoms with Crippen molar-refractivity contribution < 1.29 is 0 Å². The molecule has 1 aromatic rings. The van der Waals surface area contributed by atoms with Gasteiger partial charge in [0.05, 0.1) is 0 Å². The van der Waals surface area contributed by atoms with Gasteiger partial charge in [-0.25, -0.2) is 4.98 Å².